The van der Waals surface area contributed by atoms with E-state index in [4.69, 9.17) is 18.5 Å². The van der Waals surface area contributed by atoms with Gasteiger partial charge in [-0.15, -0.1) is 0 Å². The van der Waals surface area contributed by atoms with Gasteiger partial charge < -0.3 is 18.9 Å². The van der Waals surface area contributed by atoms with Crippen molar-refractivity contribution in [3.63, 3.8) is 0 Å². The van der Waals surface area contributed by atoms with Crippen molar-refractivity contribution in [3.05, 3.63) is 97.2 Å². The molecule has 0 aliphatic carbocycles. The molecule has 0 saturated carbocycles. The second kappa shape index (κ2) is 62.5. The number of carbonyl (C=O) groups is 2. The Morgan fingerprint density at radius 1 is 0.390 bits per heavy atom. The van der Waals surface area contributed by atoms with Crippen molar-refractivity contribution in [2.24, 2.45) is 0 Å². The highest BCUT2D eigenvalue weighted by atomic mass is 31.2. The Labute approximate surface area is 506 Å². The van der Waals surface area contributed by atoms with Gasteiger partial charge in [0, 0.05) is 12.8 Å². The lowest BCUT2D eigenvalue weighted by atomic mass is 10.0. The average Bonchev–Trinajstić information content (AvgIpc) is 3.46. The van der Waals surface area contributed by atoms with Crippen molar-refractivity contribution in [1.82, 2.24) is 0 Å². The van der Waals surface area contributed by atoms with Gasteiger partial charge in [0.15, 0.2) is 6.10 Å². The normalized spacial score (nSPS) is 13.8. The maximum atomic E-state index is 12.9. The Morgan fingerprint density at radius 3 is 1.04 bits per heavy atom. The van der Waals surface area contributed by atoms with Gasteiger partial charge in [-0.1, -0.05) is 284 Å². The van der Waals surface area contributed by atoms with Crippen molar-refractivity contribution in [2.45, 2.75) is 302 Å². The summed E-state index contributed by atoms with van der Waals surface area (Å²) in [6.07, 6.45) is 86.4. The van der Waals surface area contributed by atoms with Crippen LogP contribution in [-0.4, -0.2) is 74.9 Å². The molecule has 0 fully saturated rings. The molecule has 82 heavy (non-hydrogen) atoms. The van der Waals surface area contributed by atoms with Crippen LogP contribution in [0.4, 0.5) is 0 Å². The molecule has 1 N–H and O–H groups in total. The minimum absolute atomic E-state index is 0.0273. The van der Waals surface area contributed by atoms with Crippen LogP contribution in [0.1, 0.15) is 296 Å². The van der Waals surface area contributed by atoms with E-state index < -0.39 is 26.5 Å². The zero-order valence-corrected chi connectivity index (χ0v) is 54.8. The third-order valence-corrected chi connectivity index (χ3v) is 15.6. The molecule has 0 bridgehead atoms. The quantitative estimate of drug-likeness (QED) is 0.0211. The van der Waals surface area contributed by atoms with Crippen LogP contribution in [0.3, 0.4) is 0 Å². The van der Waals surface area contributed by atoms with Gasteiger partial charge in [0.2, 0.25) is 0 Å². The molecule has 2 atom stereocenters. The number of phosphoric acid groups is 1. The van der Waals surface area contributed by atoms with E-state index in [0.717, 1.165) is 89.9 Å². The summed E-state index contributed by atoms with van der Waals surface area (Å²) in [6, 6.07) is 0. The molecule has 474 valence electrons. The van der Waals surface area contributed by atoms with Crippen LogP contribution < -0.4 is 0 Å². The number of ether oxygens (including phenoxy) is 2. The topological polar surface area (TPSA) is 108 Å². The molecule has 0 heterocycles. The monoisotopic (exact) mass is 1170 g/mol. The van der Waals surface area contributed by atoms with Crippen molar-refractivity contribution in [3.8, 4) is 0 Å². The summed E-state index contributed by atoms with van der Waals surface area (Å²) in [4.78, 5) is 35.8. The SMILES string of the molecule is CC/C=C\C/C=C\C/C=C\C/C=C\C/C=C\CCCCCCCCCCCC(=O)OC(COC(=O)CCCCCCCCCCCCCCCCCCCC/C=C\C/C=C\C/C=C\CCCCCCC)COP(=O)(O)OCC[N+](C)(C)C. The highest BCUT2D eigenvalue weighted by Gasteiger charge is 2.27. The molecular formula is C72H129NO8P+. The zero-order chi connectivity index (χ0) is 59.8. The van der Waals surface area contributed by atoms with Gasteiger partial charge in [-0.05, 0) is 96.3 Å². The average molecular weight is 1170 g/mol. The summed E-state index contributed by atoms with van der Waals surface area (Å²) in [5, 5.41) is 0. The second-order valence-corrected chi connectivity index (χ2v) is 25.3. The fourth-order valence-electron chi connectivity index (χ4n) is 9.40. The van der Waals surface area contributed by atoms with Gasteiger partial charge in [0.25, 0.3) is 0 Å². The van der Waals surface area contributed by atoms with E-state index in [1.165, 1.54) is 173 Å². The molecule has 10 heteroatoms. The second-order valence-electron chi connectivity index (χ2n) is 23.8. The standard InChI is InChI=1S/C72H128NO8P/c1-6-8-10-12-14-16-18-20-22-24-26-28-30-32-33-34-35-36-37-38-39-41-42-44-46-48-50-52-54-56-58-60-62-64-71(74)78-68-70(69-80-82(76,77)79-67-66-73(3,4)5)81-72(75)65-63-61-59-57-55-53-51-49-47-45-43-40-31-29-27-25-23-21-19-17-15-13-11-9-7-2/h9,11,15,17-18,20-21,23-24,26-27,29-30,32,40,43,70H,6-8,10,12-14,16,19,22,25,28,31,33-39,41-42,44-69H2,1-5H3/p+1/b11-9-,17-15-,20-18-,23-21-,26-24-,29-27-,32-30-,43-40-. The van der Waals surface area contributed by atoms with E-state index in [9.17, 15) is 19.0 Å². The first-order valence-corrected chi connectivity index (χ1v) is 35.5. The predicted molar refractivity (Wildman–Crippen MR) is 353 cm³/mol. The van der Waals surface area contributed by atoms with Gasteiger partial charge in [0.05, 0.1) is 27.7 Å². The fourth-order valence-corrected chi connectivity index (χ4v) is 10.1. The lowest BCUT2D eigenvalue weighted by Crippen LogP contribution is -2.37. The van der Waals surface area contributed by atoms with Crippen molar-refractivity contribution in [1.29, 1.82) is 0 Å². The Bertz CT molecular complexity index is 1710. The van der Waals surface area contributed by atoms with Crippen molar-refractivity contribution in [2.75, 3.05) is 47.5 Å². The molecule has 9 nitrogen and oxygen atoms in total. The maximum Gasteiger partial charge on any atom is 0.472 e. The molecular weight excluding hydrogens is 1040 g/mol. The number of nitrogens with zero attached hydrogens (tertiary/aromatic N) is 1. The minimum Gasteiger partial charge on any atom is -0.462 e. The van der Waals surface area contributed by atoms with E-state index in [-0.39, 0.29) is 32.0 Å². The van der Waals surface area contributed by atoms with Crippen LogP contribution in [0.25, 0.3) is 0 Å². The number of allylic oxidation sites excluding steroid dienone is 16. The number of likely N-dealkylation sites (N-methyl/N-ethyl adjacent to an activating group) is 1. The Balaban J connectivity index is 4.06. The highest BCUT2D eigenvalue weighted by Crippen LogP contribution is 2.43. The highest BCUT2D eigenvalue weighted by molar-refractivity contribution is 7.47. The molecule has 0 aliphatic rings. The Hall–Kier alpha value is -3.07. The number of hydrogen-bond donors (Lipinski definition) is 1. The van der Waals surface area contributed by atoms with E-state index in [2.05, 4.69) is 111 Å². The van der Waals surface area contributed by atoms with Gasteiger partial charge in [-0.2, -0.15) is 0 Å². The molecule has 0 spiro atoms. The van der Waals surface area contributed by atoms with Gasteiger partial charge in [0.1, 0.15) is 19.8 Å². The van der Waals surface area contributed by atoms with E-state index in [0.29, 0.717) is 17.4 Å². The van der Waals surface area contributed by atoms with E-state index in [1.807, 2.05) is 21.1 Å². The van der Waals surface area contributed by atoms with Crippen molar-refractivity contribution < 1.29 is 42.1 Å². The van der Waals surface area contributed by atoms with Gasteiger partial charge in [-0.25, -0.2) is 4.57 Å². The minimum atomic E-state index is -4.40. The van der Waals surface area contributed by atoms with Gasteiger partial charge >= 0.3 is 19.8 Å². The summed E-state index contributed by atoms with van der Waals surface area (Å²) in [5.41, 5.74) is 0. The zero-order valence-electron chi connectivity index (χ0n) is 54.0. The number of quaternary nitrogens is 1. The van der Waals surface area contributed by atoms with Crippen LogP contribution in [-0.2, 0) is 32.7 Å². The van der Waals surface area contributed by atoms with E-state index in [1.54, 1.807) is 0 Å². The molecule has 0 radical (unpaired) electrons. The molecule has 0 amide bonds. The molecule has 0 rings (SSSR count). The summed E-state index contributed by atoms with van der Waals surface area (Å²) in [6.45, 7) is 4.32. The number of rotatable bonds is 62. The number of unbranched alkanes of at least 4 members (excludes halogenated alkanes) is 32. The molecule has 2 unspecified atom stereocenters. The Kier molecular flexibility index (Phi) is 60.1. The largest absolute Gasteiger partial charge is 0.472 e. The predicted octanol–water partition coefficient (Wildman–Crippen LogP) is 21.9. The van der Waals surface area contributed by atoms with Crippen LogP contribution in [0, 0.1) is 0 Å². The van der Waals surface area contributed by atoms with Crippen molar-refractivity contribution >= 4 is 19.8 Å². The molecule has 0 aromatic carbocycles. The summed E-state index contributed by atoms with van der Waals surface area (Å²) < 4.78 is 34.7. The first kappa shape index (κ1) is 78.9. The fraction of sp³-hybridized carbons (Fsp3) is 0.750. The molecule has 0 aliphatic heterocycles. The van der Waals surface area contributed by atoms with Gasteiger partial charge in [-0.3, -0.25) is 18.6 Å². The summed E-state index contributed by atoms with van der Waals surface area (Å²) >= 11 is 0. The molecule has 0 aromatic heterocycles. The summed E-state index contributed by atoms with van der Waals surface area (Å²) in [7, 11) is 1.47. The number of phosphoric ester groups is 1. The lowest BCUT2D eigenvalue weighted by Gasteiger charge is -2.24. The van der Waals surface area contributed by atoms with Crippen LogP contribution >= 0.6 is 7.82 Å². The summed E-state index contributed by atoms with van der Waals surface area (Å²) in [5.74, 6) is -0.799. The first-order chi connectivity index (χ1) is 40.0. The van der Waals surface area contributed by atoms with Crippen LogP contribution in [0.15, 0.2) is 97.2 Å². The third kappa shape index (κ3) is 66.1. The molecule has 0 aromatic rings. The van der Waals surface area contributed by atoms with Crippen LogP contribution in [0.2, 0.25) is 0 Å². The first-order valence-electron chi connectivity index (χ1n) is 34.0. The molecule has 0 saturated heterocycles. The number of hydrogen-bond acceptors (Lipinski definition) is 7. The Morgan fingerprint density at radius 2 is 0.695 bits per heavy atom. The maximum absolute atomic E-state index is 12.9. The lowest BCUT2D eigenvalue weighted by molar-refractivity contribution is -0.870. The van der Waals surface area contributed by atoms with Crippen LogP contribution in [0.5, 0.6) is 0 Å². The number of esters is 2. The van der Waals surface area contributed by atoms with E-state index >= 15 is 0 Å². The number of carbonyl (C=O) groups excluding carboxylic acids is 2. The smallest absolute Gasteiger partial charge is 0.462 e. The third-order valence-electron chi connectivity index (χ3n) is 14.6.